The van der Waals surface area contributed by atoms with Crippen LogP contribution in [0.5, 0.6) is 0 Å². The summed E-state index contributed by atoms with van der Waals surface area (Å²) < 4.78 is 0. The summed E-state index contributed by atoms with van der Waals surface area (Å²) in [5, 5.41) is 12.1. The summed E-state index contributed by atoms with van der Waals surface area (Å²) in [7, 11) is 0. The first kappa shape index (κ1) is 13.5. The first-order valence-corrected chi connectivity index (χ1v) is 6.26. The fourth-order valence-electron chi connectivity index (χ4n) is 1.71. The van der Waals surface area contributed by atoms with Gasteiger partial charge in [0, 0.05) is 25.3 Å². The van der Waals surface area contributed by atoms with Crippen molar-refractivity contribution in [1.29, 1.82) is 5.26 Å². The SMILES string of the molecule is CCCNCCN(CCC#N)c1ccccc1. The minimum Gasteiger partial charge on any atom is -0.369 e. The van der Waals surface area contributed by atoms with Gasteiger partial charge in [0.25, 0.3) is 0 Å². The molecule has 0 aliphatic carbocycles. The molecule has 1 aromatic carbocycles. The number of rotatable bonds is 8. The molecule has 0 aromatic heterocycles. The molecule has 1 N–H and O–H groups in total. The maximum absolute atomic E-state index is 8.68. The van der Waals surface area contributed by atoms with Crippen LogP contribution in [0.1, 0.15) is 19.8 Å². The minimum atomic E-state index is 0.572. The lowest BCUT2D eigenvalue weighted by Gasteiger charge is -2.24. The quantitative estimate of drug-likeness (QED) is 0.698. The molecule has 92 valence electrons. The van der Waals surface area contributed by atoms with Crippen LogP contribution < -0.4 is 10.2 Å². The standard InChI is InChI=1S/C14H21N3/c1-2-10-16-11-13-17(12-6-9-15)14-7-4-3-5-8-14/h3-5,7-8,16H,2,6,10-13H2,1H3. The van der Waals surface area contributed by atoms with Crippen LogP contribution in [0.15, 0.2) is 30.3 Å². The fourth-order valence-corrected chi connectivity index (χ4v) is 1.71. The Labute approximate surface area is 104 Å². The van der Waals surface area contributed by atoms with Gasteiger partial charge in [0.2, 0.25) is 0 Å². The average Bonchev–Trinajstić information content (AvgIpc) is 2.39. The number of hydrogen-bond donors (Lipinski definition) is 1. The Morgan fingerprint density at radius 2 is 1.94 bits per heavy atom. The third-order valence-corrected chi connectivity index (χ3v) is 2.60. The molecule has 0 unspecified atom stereocenters. The lowest BCUT2D eigenvalue weighted by molar-refractivity contribution is 0.650. The van der Waals surface area contributed by atoms with Gasteiger partial charge in [-0.2, -0.15) is 5.26 Å². The maximum Gasteiger partial charge on any atom is 0.0640 e. The highest BCUT2D eigenvalue weighted by Gasteiger charge is 2.04. The summed E-state index contributed by atoms with van der Waals surface area (Å²) in [5.41, 5.74) is 1.20. The zero-order chi connectivity index (χ0) is 12.3. The van der Waals surface area contributed by atoms with Crippen LogP contribution in [0.2, 0.25) is 0 Å². The number of nitriles is 1. The van der Waals surface area contributed by atoms with E-state index in [1.54, 1.807) is 0 Å². The summed E-state index contributed by atoms with van der Waals surface area (Å²) in [6.45, 7) is 5.94. The second-order valence-electron chi connectivity index (χ2n) is 3.98. The number of benzene rings is 1. The lowest BCUT2D eigenvalue weighted by atomic mass is 10.2. The second-order valence-corrected chi connectivity index (χ2v) is 3.98. The largest absolute Gasteiger partial charge is 0.369 e. The molecule has 1 rings (SSSR count). The van der Waals surface area contributed by atoms with Crippen molar-refractivity contribution in [2.75, 3.05) is 31.1 Å². The maximum atomic E-state index is 8.68. The third-order valence-electron chi connectivity index (χ3n) is 2.60. The molecule has 1 aromatic rings. The molecule has 0 spiro atoms. The molecule has 0 bridgehead atoms. The van der Waals surface area contributed by atoms with Gasteiger partial charge < -0.3 is 10.2 Å². The molecular weight excluding hydrogens is 210 g/mol. The molecule has 0 fully saturated rings. The van der Waals surface area contributed by atoms with Crippen molar-refractivity contribution >= 4 is 5.69 Å². The van der Waals surface area contributed by atoms with Crippen molar-refractivity contribution in [2.45, 2.75) is 19.8 Å². The van der Waals surface area contributed by atoms with Crippen LogP contribution in [0.3, 0.4) is 0 Å². The van der Waals surface area contributed by atoms with E-state index in [-0.39, 0.29) is 0 Å². The highest BCUT2D eigenvalue weighted by Crippen LogP contribution is 2.12. The topological polar surface area (TPSA) is 39.1 Å². The zero-order valence-corrected chi connectivity index (χ0v) is 10.5. The molecule has 3 heteroatoms. The Morgan fingerprint density at radius 1 is 1.18 bits per heavy atom. The van der Waals surface area contributed by atoms with Gasteiger partial charge in [0.05, 0.1) is 12.5 Å². The molecular formula is C14H21N3. The Hall–Kier alpha value is -1.53. The molecule has 0 saturated heterocycles. The lowest BCUT2D eigenvalue weighted by Crippen LogP contribution is -2.33. The number of hydrogen-bond acceptors (Lipinski definition) is 3. The zero-order valence-electron chi connectivity index (χ0n) is 10.5. The van der Waals surface area contributed by atoms with E-state index >= 15 is 0 Å². The smallest absolute Gasteiger partial charge is 0.0640 e. The molecule has 0 saturated carbocycles. The summed E-state index contributed by atoms with van der Waals surface area (Å²) in [5.74, 6) is 0. The van der Waals surface area contributed by atoms with Crippen LogP contribution in [-0.4, -0.2) is 26.2 Å². The Kier molecular flexibility index (Phi) is 6.85. The summed E-state index contributed by atoms with van der Waals surface area (Å²) in [6, 6.07) is 12.5. The normalized spacial score (nSPS) is 9.88. The van der Waals surface area contributed by atoms with E-state index in [4.69, 9.17) is 5.26 Å². The van der Waals surface area contributed by atoms with Crippen molar-refractivity contribution in [3.8, 4) is 6.07 Å². The van der Waals surface area contributed by atoms with Gasteiger partial charge >= 0.3 is 0 Å². The van der Waals surface area contributed by atoms with E-state index in [2.05, 4.69) is 35.3 Å². The van der Waals surface area contributed by atoms with Crippen LogP contribution in [0.4, 0.5) is 5.69 Å². The molecule has 0 aliphatic heterocycles. The molecule has 0 amide bonds. The van der Waals surface area contributed by atoms with Crippen molar-refractivity contribution in [2.24, 2.45) is 0 Å². The van der Waals surface area contributed by atoms with Gasteiger partial charge in [0.15, 0.2) is 0 Å². The Balaban J connectivity index is 2.46. The Morgan fingerprint density at radius 3 is 2.59 bits per heavy atom. The van der Waals surface area contributed by atoms with E-state index < -0.39 is 0 Å². The van der Waals surface area contributed by atoms with Crippen LogP contribution in [0.25, 0.3) is 0 Å². The van der Waals surface area contributed by atoms with Crippen LogP contribution in [-0.2, 0) is 0 Å². The van der Waals surface area contributed by atoms with Gasteiger partial charge in [-0.25, -0.2) is 0 Å². The van der Waals surface area contributed by atoms with Gasteiger partial charge in [-0.15, -0.1) is 0 Å². The third kappa shape index (κ3) is 5.37. The molecule has 3 nitrogen and oxygen atoms in total. The van der Waals surface area contributed by atoms with Gasteiger partial charge in [0.1, 0.15) is 0 Å². The highest BCUT2D eigenvalue weighted by atomic mass is 15.1. The van der Waals surface area contributed by atoms with Gasteiger partial charge in [-0.05, 0) is 25.1 Å². The van der Waals surface area contributed by atoms with E-state index in [0.29, 0.717) is 6.42 Å². The summed E-state index contributed by atoms with van der Waals surface area (Å²) >= 11 is 0. The molecule has 0 radical (unpaired) electrons. The van der Waals surface area contributed by atoms with E-state index in [1.165, 1.54) is 5.69 Å². The number of anilines is 1. The number of nitrogens with zero attached hydrogens (tertiary/aromatic N) is 2. The number of para-hydroxylation sites is 1. The number of nitrogens with one attached hydrogen (secondary N) is 1. The Bertz CT molecular complexity index is 329. The van der Waals surface area contributed by atoms with Crippen molar-refractivity contribution in [1.82, 2.24) is 5.32 Å². The summed E-state index contributed by atoms with van der Waals surface area (Å²) in [6.07, 6.45) is 1.73. The van der Waals surface area contributed by atoms with Crippen molar-refractivity contribution in [3.63, 3.8) is 0 Å². The van der Waals surface area contributed by atoms with Crippen molar-refractivity contribution in [3.05, 3.63) is 30.3 Å². The predicted octanol–water partition coefficient (Wildman–Crippen LogP) is 2.41. The van der Waals surface area contributed by atoms with E-state index in [9.17, 15) is 0 Å². The predicted molar refractivity (Wildman–Crippen MR) is 72.0 cm³/mol. The first-order chi connectivity index (χ1) is 8.38. The van der Waals surface area contributed by atoms with Gasteiger partial charge in [-0.1, -0.05) is 25.1 Å². The molecule has 0 atom stereocenters. The van der Waals surface area contributed by atoms with Crippen LogP contribution in [0, 0.1) is 11.3 Å². The fraction of sp³-hybridized carbons (Fsp3) is 0.500. The molecule has 0 aliphatic rings. The molecule has 0 heterocycles. The van der Waals surface area contributed by atoms with E-state index in [1.807, 2.05) is 18.2 Å². The van der Waals surface area contributed by atoms with Crippen molar-refractivity contribution < 1.29 is 0 Å². The van der Waals surface area contributed by atoms with Crippen LogP contribution >= 0.6 is 0 Å². The first-order valence-electron chi connectivity index (χ1n) is 6.26. The minimum absolute atomic E-state index is 0.572. The van der Waals surface area contributed by atoms with Gasteiger partial charge in [-0.3, -0.25) is 0 Å². The average molecular weight is 231 g/mol. The molecule has 17 heavy (non-hydrogen) atoms. The monoisotopic (exact) mass is 231 g/mol. The summed E-state index contributed by atoms with van der Waals surface area (Å²) in [4.78, 5) is 2.26. The van der Waals surface area contributed by atoms with E-state index in [0.717, 1.165) is 32.6 Å². The second kappa shape index (κ2) is 8.60. The highest BCUT2D eigenvalue weighted by molar-refractivity contribution is 5.45.